The Labute approximate surface area is 156 Å². The highest BCUT2D eigenvalue weighted by Crippen LogP contribution is 2.13. The molecule has 2 heterocycles. The van der Waals surface area contributed by atoms with Gasteiger partial charge in [-0.1, -0.05) is 13.3 Å². The molecule has 1 aromatic rings. The fourth-order valence-electron chi connectivity index (χ4n) is 3.76. The lowest BCUT2D eigenvalue weighted by molar-refractivity contribution is 0.0902. The summed E-state index contributed by atoms with van der Waals surface area (Å²) in [5.74, 6) is -0.303. The third kappa shape index (κ3) is 5.17. The first-order valence-electron chi connectivity index (χ1n) is 9.73. The van der Waals surface area contributed by atoms with Gasteiger partial charge in [0.1, 0.15) is 5.56 Å². The number of hydrogen-bond acceptors (Lipinski definition) is 4. The van der Waals surface area contributed by atoms with Crippen LogP contribution >= 0.6 is 0 Å². The molecule has 6 heteroatoms. The molecule has 1 saturated heterocycles. The summed E-state index contributed by atoms with van der Waals surface area (Å²) in [5.41, 5.74) is 1.83. The van der Waals surface area contributed by atoms with Crippen molar-refractivity contribution >= 4 is 5.91 Å². The molecule has 0 aromatic carbocycles. The summed E-state index contributed by atoms with van der Waals surface area (Å²) >= 11 is 0. The maximum Gasteiger partial charge on any atom is 0.257 e. The van der Waals surface area contributed by atoms with Crippen LogP contribution in [0.4, 0.5) is 0 Å². The Bertz CT molecular complexity index is 663. The van der Waals surface area contributed by atoms with Crippen molar-refractivity contribution in [1.82, 2.24) is 14.8 Å². The Kier molecular flexibility index (Phi) is 7.85. The summed E-state index contributed by atoms with van der Waals surface area (Å²) in [6.45, 7) is 10.3. The van der Waals surface area contributed by atoms with Crippen LogP contribution in [0.5, 0.6) is 0 Å². The molecule has 0 saturated carbocycles. The van der Waals surface area contributed by atoms with Crippen molar-refractivity contribution in [2.45, 2.75) is 59.0 Å². The number of aromatic nitrogens is 1. The summed E-state index contributed by atoms with van der Waals surface area (Å²) in [7, 11) is 1.60. The lowest BCUT2D eigenvalue weighted by Crippen LogP contribution is -2.40. The van der Waals surface area contributed by atoms with Gasteiger partial charge in [-0.15, -0.1) is 0 Å². The van der Waals surface area contributed by atoms with E-state index in [2.05, 4.69) is 14.8 Å². The summed E-state index contributed by atoms with van der Waals surface area (Å²) in [6, 6.07) is 1.45. The molecule has 0 spiro atoms. The van der Waals surface area contributed by atoms with Gasteiger partial charge >= 0.3 is 0 Å². The van der Waals surface area contributed by atoms with Gasteiger partial charge < -0.3 is 19.5 Å². The van der Waals surface area contributed by atoms with Crippen LogP contribution in [0.15, 0.2) is 10.9 Å². The fraction of sp³-hybridized carbons (Fsp3) is 0.700. The average Bonchev–Trinajstić information content (AvgIpc) is 2.61. The van der Waals surface area contributed by atoms with Crippen molar-refractivity contribution in [3.05, 3.63) is 33.2 Å². The molecule has 1 aliphatic heterocycles. The van der Waals surface area contributed by atoms with Crippen molar-refractivity contribution < 1.29 is 9.53 Å². The van der Waals surface area contributed by atoms with Gasteiger partial charge in [-0.2, -0.15) is 0 Å². The number of aryl methyl sites for hydroxylation is 1. The predicted octanol–water partition coefficient (Wildman–Crippen LogP) is 1.97. The van der Waals surface area contributed by atoms with Crippen LogP contribution in [-0.2, 0) is 17.7 Å². The van der Waals surface area contributed by atoms with E-state index in [9.17, 15) is 9.59 Å². The molecule has 0 bridgehead atoms. The van der Waals surface area contributed by atoms with Gasteiger partial charge in [-0.25, -0.2) is 0 Å². The minimum atomic E-state index is -0.303. The number of nitrogens with one attached hydrogen (secondary N) is 1. The first kappa shape index (κ1) is 20.6. The Morgan fingerprint density at radius 2 is 1.96 bits per heavy atom. The highest BCUT2D eigenvalue weighted by atomic mass is 16.5. The second-order valence-electron chi connectivity index (χ2n) is 7.21. The van der Waals surface area contributed by atoms with Gasteiger partial charge in [-0.3, -0.25) is 9.59 Å². The van der Waals surface area contributed by atoms with Crippen LogP contribution in [0.25, 0.3) is 0 Å². The van der Waals surface area contributed by atoms with Crippen LogP contribution in [0.2, 0.25) is 0 Å². The van der Waals surface area contributed by atoms with Gasteiger partial charge in [0.15, 0.2) is 5.43 Å². The lowest BCUT2D eigenvalue weighted by Gasteiger charge is -2.28. The van der Waals surface area contributed by atoms with Crippen LogP contribution in [0.3, 0.4) is 0 Å². The molecule has 1 amide bonds. The lowest BCUT2D eigenvalue weighted by atomic mass is 10.1. The van der Waals surface area contributed by atoms with Gasteiger partial charge in [0.25, 0.3) is 5.91 Å². The Balaban J connectivity index is 2.24. The highest BCUT2D eigenvalue weighted by Gasteiger charge is 2.21. The number of piperidine rings is 1. The summed E-state index contributed by atoms with van der Waals surface area (Å²) in [5, 5.41) is 2.88. The van der Waals surface area contributed by atoms with E-state index in [-0.39, 0.29) is 22.9 Å². The van der Waals surface area contributed by atoms with E-state index >= 15 is 0 Å². The quantitative estimate of drug-likeness (QED) is 0.767. The maximum atomic E-state index is 12.7. The van der Waals surface area contributed by atoms with Crippen LogP contribution < -0.4 is 10.7 Å². The van der Waals surface area contributed by atoms with Crippen molar-refractivity contribution in [3.63, 3.8) is 0 Å². The molecule has 0 aliphatic carbocycles. The number of amides is 1. The Hall–Kier alpha value is -1.66. The third-order valence-corrected chi connectivity index (χ3v) is 5.07. The number of carbonyl (C=O) groups is 1. The third-order valence-electron chi connectivity index (χ3n) is 5.07. The minimum absolute atomic E-state index is 0.139. The van der Waals surface area contributed by atoms with Crippen molar-refractivity contribution in [2.24, 2.45) is 0 Å². The number of pyridine rings is 1. The SMILES string of the molecule is CCc1c(C(=O)NC(C)COC)c(=O)cc(C)n1CCN1CCCCC1. The van der Waals surface area contributed by atoms with E-state index < -0.39 is 0 Å². The average molecular weight is 364 g/mol. The second-order valence-corrected chi connectivity index (χ2v) is 7.21. The maximum absolute atomic E-state index is 12.7. The van der Waals surface area contributed by atoms with Crippen LogP contribution in [0, 0.1) is 6.92 Å². The molecule has 1 fully saturated rings. The fourth-order valence-corrected chi connectivity index (χ4v) is 3.76. The van der Waals surface area contributed by atoms with Gasteiger partial charge in [0.2, 0.25) is 0 Å². The van der Waals surface area contributed by atoms with Gasteiger partial charge in [0, 0.05) is 43.7 Å². The molecule has 1 atom stereocenters. The Morgan fingerprint density at radius 1 is 1.27 bits per heavy atom. The molecular formula is C20H33N3O3. The first-order chi connectivity index (χ1) is 12.5. The number of nitrogens with zero attached hydrogens (tertiary/aromatic N) is 2. The molecular weight excluding hydrogens is 330 g/mol. The molecule has 26 heavy (non-hydrogen) atoms. The zero-order valence-electron chi connectivity index (χ0n) is 16.6. The van der Waals surface area contributed by atoms with Gasteiger partial charge in [-0.05, 0) is 46.2 Å². The van der Waals surface area contributed by atoms with E-state index in [1.165, 1.54) is 19.3 Å². The number of ether oxygens (including phenoxy) is 1. The number of hydrogen-bond donors (Lipinski definition) is 1. The smallest absolute Gasteiger partial charge is 0.257 e. The highest BCUT2D eigenvalue weighted by molar-refractivity contribution is 5.95. The number of methoxy groups -OCH3 is 1. The van der Waals surface area contributed by atoms with E-state index in [1.807, 2.05) is 20.8 Å². The standard InChI is InChI=1S/C20H33N3O3/c1-5-17-19(20(25)21-15(2)14-26-4)18(24)13-16(3)23(17)12-11-22-9-7-6-8-10-22/h13,15H,5-12,14H2,1-4H3,(H,21,25). The molecule has 0 radical (unpaired) electrons. The molecule has 1 unspecified atom stereocenters. The molecule has 6 nitrogen and oxygen atoms in total. The van der Waals surface area contributed by atoms with Crippen molar-refractivity contribution in [3.8, 4) is 0 Å². The minimum Gasteiger partial charge on any atom is -0.383 e. The van der Waals surface area contributed by atoms with Gasteiger partial charge in [0.05, 0.1) is 6.61 Å². The summed E-state index contributed by atoms with van der Waals surface area (Å²) < 4.78 is 7.22. The van der Waals surface area contributed by atoms with E-state index in [1.54, 1.807) is 13.2 Å². The number of likely N-dealkylation sites (tertiary alicyclic amines) is 1. The van der Waals surface area contributed by atoms with Crippen molar-refractivity contribution in [2.75, 3.05) is 33.4 Å². The molecule has 1 aliphatic rings. The number of rotatable bonds is 8. The van der Waals surface area contributed by atoms with Crippen molar-refractivity contribution in [1.29, 1.82) is 0 Å². The monoisotopic (exact) mass is 363 g/mol. The second kappa shape index (κ2) is 9.88. The molecule has 2 rings (SSSR count). The predicted molar refractivity (Wildman–Crippen MR) is 104 cm³/mol. The number of carbonyl (C=O) groups excluding carboxylic acids is 1. The van der Waals surface area contributed by atoms with E-state index in [0.29, 0.717) is 13.0 Å². The molecule has 1 aromatic heterocycles. The largest absolute Gasteiger partial charge is 0.383 e. The van der Waals surface area contributed by atoms with E-state index in [4.69, 9.17) is 4.74 Å². The molecule has 1 N–H and O–H groups in total. The zero-order chi connectivity index (χ0) is 19.1. The van der Waals surface area contributed by atoms with Crippen LogP contribution in [-0.4, -0.2) is 54.8 Å². The summed E-state index contributed by atoms with van der Waals surface area (Å²) in [4.78, 5) is 27.7. The molecule has 146 valence electrons. The summed E-state index contributed by atoms with van der Waals surface area (Å²) in [6.07, 6.45) is 4.49. The van der Waals surface area contributed by atoms with E-state index in [0.717, 1.165) is 37.6 Å². The van der Waals surface area contributed by atoms with Crippen LogP contribution in [0.1, 0.15) is 54.9 Å². The first-order valence-corrected chi connectivity index (χ1v) is 9.73. The topological polar surface area (TPSA) is 63.6 Å². The Morgan fingerprint density at radius 3 is 2.58 bits per heavy atom. The zero-order valence-corrected chi connectivity index (χ0v) is 16.6. The normalized spacial score (nSPS) is 16.5.